The topological polar surface area (TPSA) is 90.7 Å². The van der Waals surface area contributed by atoms with Crippen molar-refractivity contribution in [2.45, 2.75) is 44.5 Å². The van der Waals surface area contributed by atoms with Crippen LogP contribution >= 0.6 is 0 Å². The summed E-state index contributed by atoms with van der Waals surface area (Å²) in [6, 6.07) is 4.85. The van der Waals surface area contributed by atoms with E-state index >= 15 is 0 Å². The molecule has 30 heavy (non-hydrogen) atoms. The Hall–Kier alpha value is -2.18. The molecule has 0 unspecified atom stereocenters. The average molecular weight is 449 g/mol. The van der Waals surface area contributed by atoms with Crippen LogP contribution in [0.25, 0.3) is 11.0 Å². The molecule has 1 fully saturated rings. The first-order chi connectivity index (χ1) is 13.9. The number of hydrogen-bond acceptors (Lipinski definition) is 7. The fourth-order valence-electron chi connectivity index (χ4n) is 3.48. The maximum Gasteiger partial charge on any atom is 0.523 e. The van der Waals surface area contributed by atoms with Gasteiger partial charge in [-0.05, 0) is 32.9 Å². The summed E-state index contributed by atoms with van der Waals surface area (Å²) in [6.07, 6.45) is 0.204. The number of pyridine rings is 2. The van der Waals surface area contributed by atoms with Gasteiger partial charge in [-0.3, -0.25) is 13.5 Å². The van der Waals surface area contributed by atoms with E-state index < -0.39 is 34.4 Å². The Bertz CT molecular complexity index is 1080. The van der Waals surface area contributed by atoms with Gasteiger partial charge in [0.05, 0.1) is 18.4 Å². The van der Waals surface area contributed by atoms with Crippen molar-refractivity contribution in [1.82, 2.24) is 9.55 Å². The lowest BCUT2D eigenvalue weighted by Crippen LogP contribution is -2.49. The van der Waals surface area contributed by atoms with Gasteiger partial charge in [0.25, 0.3) is 5.56 Å². The number of ether oxygens (including phenoxy) is 1. The van der Waals surface area contributed by atoms with Crippen LogP contribution in [-0.4, -0.2) is 55.4 Å². The van der Waals surface area contributed by atoms with Crippen molar-refractivity contribution >= 4 is 26.8 Å². The van der Waals surface area contributed by atoms with Crippen LogP contribution in [0.5, 0.6) is 0 Å². The summed E-state index contributed by atoms with van der Waals surface area (Å²) in [6.45, 7) is 5.04. The molecule has 0 N–H and O–H groups in total. The summed E-state index contributed by atoms with van der Waals surface area (Å²) in [5.74, 6) is 0. The third-order valence-corrected chi connectivity index (χ3v) is 5.68. The maximum absolute atomic E-state index is 12.7. The van der Waals surface area contributed by atoms with Crippen molar-refractivity contribution in [3.05, 3.63) is 34.7 Å². The maximum atomic E-state index is 12.7. The highest BCUT2D eigenvalue weighted by atomic mass is 32.2. The Balaban J connectivity index is 1.92. The Kier molecular flexibility index (Phi) is 6.12. The molecule has 8 nitrogen and oxygen atoms in total. The number of nitrogens with zero attached hydrogens (tertiary/aromatic N) is 3. The van der Waals surface area contributed by atoms with Crippen molar-refractivity contribution in [2.24, 2.45) is 0 Å². The highest BCUT2D eigenvalue weighted by molar-refractivity contribution is 7.87. The molecule has 2 aromatic rings. The summed E-state index contributed by atoms with van der Waals surface area (Å²) in [7, 11) is -5.72. The van der Waals surface area contributed by atoms with Gasteiger partial charge in [0, 0.05) is 36.8 Å². The molecular formula is C18H22F3N3O5S. The van der Waals surface area contributed by atoms with Crippen molar-refractivity contribution in [3.8, 4) is 0 Å². The molecule has 2 aromatic heterocycles. The van der Waals surface area contributed by atoms with Crippen molar-refractivity contribution in [2.75, 3.05) is 24.6 Å². The Morgan fingerprint density at radius 1 is 1.33 bits per heavy atom. The lowest BCUT2D eigenvalue weighted by Gasteiger charge is -2.38. The highest BCUT2D eigenvalue weighted by Crippen LogP contribution is 2.29. The van der Waals surface area contributed by atoms with E-state index in [0.29, 0.717) is 23.3 Å². The van der Waals surface area contributed by atoms with E-state index in [1.165, 1.54) is 6.07 Å². The number of aromatic nitrogens is 2. The minimum absolute atomic E-state index is 0.0485. The number of alkyl halides is 3. The monoisotopic (exact) mass is 449 g/mol. The highest BCUT2D eigenvalue weighted by Gasteiger charge is 2.47. The number of fused-ring (bicyclic) bond motifs is 1. The molecule has 0 saturated carbocycles. The molecule has 2 atom stereocenters. The minimum atomic E-state index is -5.72. The largest absolute Gasteiger partial charge is 0.523 e. The zero-order valence-electron chi connectivity index (χ0n) is 16.6. The molecule has 0 radical (unpaired) electrons. The average Bonchev–Trinajstić information content (AvgIpc) is 2.64. The van der Waals surface area contributed by atoms with Gasteiger partial charge in [-0.2, -0.15) is 21.6 Å². The van der Waals surface area contributed by atoms with Gasteiger partial charge in [-0.25, -0.2) is 4.98 Å². The molecule has 3 heterocycles. The Morgan fingerprint density at radius 3 is 2.67 bits per heavy atom. The summed E-state index contributed by atoms with van der Waals surface area (Å²) in [5, 5.41) is 0.697. The van der Waals surface area contributed by atoms with Crippen molar-refractivity contribution in [1.29, 1.82) is 0 Å². The van der Waals surface area contributed by atoms with Gasteiger partial charge in [-0.15, -0.1) is 0 Å². The van der Waals surface area contributed by atoms with Crippen molar-refractivity contribution in [3.63, 3.8) is 0 Å². The van der Waals surface area contributed by atoms with Crippen LogP contribution in [-0.2, 0) is 19.0 Å². The number of hydrogen-bond donors (Lipinski definition) is 0. The first-order valence-electron chi connectivity index (χ1n) is 9.27. The molecule has 1 aliphatic heterocycles. The first kappa shape index (κ1) is 22.5. The molecule has 12 heteroatoms. The van der Waals surface area contributed by atoms with Gasteiger partial charge in [0.2, 0.25) is 0 Å². The fourth-order valence-corrected chi connectivity index (χ4v) is 3.95. The molecule has 0 aliphatic carbocycles. The van der Waals surface area contributed by atoms with Crippen LogP contribution in [0, 0.1) is 0 Å². The quantitative estimate of drug-likeness (QED) is 0.512. The zero-order chi connectivity index (χ0) is 22.3. The molecular weight excluding hydrogens is 427 g/mol. The van der Waals surface area contributed by atoms with E-state index in [1.807, 2.05) is 13.8 Å². The van der Waals surface area contributed by atoms with E-state index in [2.05, 4.69) is 9.17 Å². The smallest absolute Gasteiger partial charge is 0.369 e. The first-order valence-corrected chi connectivity index (χ1v) is 10.7. The lowest BCUT2D eigenvalue weighted by molar-refractivity contribution is -0.0656. The van der Waals surface area contributed by atoms with E-state index in [4.69, 9.17) is 4.74 Å². The second kappa shape index (κ2) is 8.16. The SMILES string of the molecule is CC(C)n1c(=O)cc(N2C[C@H](COS(=O)(=O)C(F)(F)F)O[C@H](C)C2)c2cccnc21. The molecule has 1 aliphatic rings. The molecule has 0 amide bonds. The second-order valence-electron chi connectivity index (χ2n) is 7.36. The number of rotatable bonds is 5. The normalized spacial score (nSPS) is 20.8. The predicted molar refractivity (Wildman–Crippen MR) is 104 cm³/mol. The summed E-state index contributed by atoms with van der Waals surface area (Å²) in [4.78, 5) is 18.8. The van der Waals surface area contributed by atoms with Gasteiger partial charge < -0.3 is 9.64 Å². The third kappa shape index (κ3) is 4.44. The van der Waals surface area contributed by atoms with Gasteiger partial charge in [-0.1, -0.05) is 0 Å². The molecule has 3 rings (SSSR count). The summed E-state index contributed by atoms with van der Waals surface area (Å²) in [5.41, 5.74) is -4.73. The molecule has 1 saturated heterocycles. The molecule has 0 spiro atoms. The van der Waals surface area contributed by atoms with Gasteiger partial charge in [0.15, 0.2) is 0 Å². The van der Waals surface area contributed by atoms with Gasteiger partial charge in [0.1, 0.15) is 11.8 Å². The lowest BCUT2D eigenvalue weighted by atomic mass is 10.1. The van der Waals surface area contributed by atoms with Crippen LogP contribution in [0.15, 0.2) is 29.2 Å². The molecule has 0 bridgehead atoms. The fraction of sp³-hybridized carbons (Fsp3) is 0.556. The summed E-state index contributed by atoms with van der Waals surface area (Å²) < 4.78 is 71.2. The molecule has 0 aromatic carbocycles. The van der Waals surface area contributed by atoms with E-state index in [0.717, 1.165) is 0 Å². The number of halogens is 3. The third-order valence-electron chi connectivity index (χ3n) is 4.66. The van der Waals surface area contributed by atoms with Crippen LogP contribution in [0.1, 0.15) is 26.8 Å². The van der Waals surface area contributed by atoms with Crippen LogP contribution in [0.2, 0.25) is 0 Å². The van der Waals surface area contributed by atoms with E-state index in [1.54, 1.807) is 34.7 Å². The number of anilines is 1. The Labute approximate surface area is 171 Å². The van der Waals surface area contributed by atoms with Crippen LogP contribution in [0.4, 0.5) is 18.9 Å². The number of morpholine rings is 1. The predicted octanol–water partition coefficient (Wildman–Crippen LogP) is 2.44. The van der Waals surface area contributed by atoms with Crippen LogP contribution in [0.3, 0.4) is 0 Å². The summed E-state index contributed by atoms with van der Waals surface area (Å²) >= 11 is 0. The zero-order valence-corrected chi connectivity index (χ0v) is 17.4. The minimum Gasteiger partial charge on any atom is -0.369 e. The van der Waals surface area contributed by atoms with Crippen molar-refractivity contribution < 1.29 is 30.5 Å². The van der Waals surface area contributed by atoms with E-state index in [-0.39, 0.29) is 18.1 Å². The standard InChI is InChI=1S/C18H22F3N3O5S/c1-11(2)24-16(25)7-15(14-5-4-6-22-17(14)24)23-8-12(3)29-13(9-23)10-28-30(26,27)18(19,20)21/h4-7,11-13H,8-10H2,1-3H3/t12-,13-/m1/s1. The molecule has 166 valence electrons. The van der Waals surface area contributed by atoms with E-state index in [9.17, 15) is 26.4 Å². The second-order valence-corrected chi connectivity index (χ2v) is 8.97. The van der Waals surface area contributed by atoms with Gasteiger partial charge >= 0.3 is 15.6 Å². The van der Waals surface area contributed by atoms with Crippen LogP contribution < -0.4 is 10.5 Å². The Morgan fingerprint density at radius 2 is 2.03 bits per heavy atom.